The number of pyridine rings is 1. The lowest BCUT2D eigenvalue weighted by Gasteiger charge is -2.03. The Balaban J connectivity index is 1.85. The van der Waals surface area contributed by atoms with Gasteiger partial charge < -0.3 is 10.4 Å². The van der Waals surface area contributed by atoms with Gasteiger partial charge in [0.25, 0.3) is 11.8 Å². The average molecular weight is 343 g/mol. The van der Waals surface area contributed by atoms with Crippen LogP contribution in [0.5, 0.6) is 5.75 Å². The fraction of sp³-hybridized carbons (Fsp3) is 0.0667. The number of nitrogens with one attached hydrogen (secondary N) is 2. The smallest absolute Gasteiger partial charge is 0.311 e. The van der Waals surface area contributed by atoms with Gasteiger partial charge in [-0.25, -0.2) is 5.43 Å². The number of hydrogen-bond donors (Lipinski definition) is 3. The second kappa shape index (κ2) is 8.15. The molecule has 0 aliphatic heterocycles. The monoisotopic (exact) mass is 343 g/mol. The Morgan fingerprint density at radius 2 is 2.12 bits per heavy atom. The molecule has 2 rings (SSSR count). The lowest BCUT2D eigenvalue weighted by Crippen LogP contribution is -2.35. The molecular weight excluding hydrogens is 330 g/mol. The Hall–Kier alpha value is -3.82. The first-order valence-corrected chi connectivity index (χ1v) is 6.96. The molecule has 0 aliphatic carbocycles. The van der Waals surface area contributed by atoms with E-state index in [9.17, 15) is 24.8 Å². The van der Waals surface area contributed by atoms with E-state index in [0.29, 0.717) is 5.56 Å². The fourth-order valence-corrected chi connectivity index (χ4v) is 1.73. The molecule has 0 fully saturated rings. The van der Waals surface area contributed by atoms with Crippen LogP contribution >= 0.6 is 0 Å². The van der Waals surface area contributed by atoms with Crippen molar-refractivity contribution in [1.29, 1.82) is 0 Å². The van der Waals surface area contributed by atoms with Crippen LogP contribution in [0.2, 0.25) is 0 Å². The van der Waals surface area contributed by atoms with Crippen molar-refractivity contribution >= 4 is 23.7 Å². The van der Waals surface area contributed by atoms with Gasteiger partial charge in [-0.3, -0.25) is 24.7 Å². The minimum atomic E-state index is -0.738. The molecule has 2 aromatic rings. The highest BCUT2D eigenvalue weighted by Gasteiger charge is 2.13. The molecule has 1 aromatic carbocycles. The maximum absolute atomic E-state index is 11.7. The number of hydrogen-bond acceptors (Lipinski definition) is 7. The number of aromatic hydroxyl groups is 1. The third-order valence-corrected chi connectivity index (χ3v) is 2.91. The quantitative estimate of drug-likeness (QED) is 0.397. The maximum Gasteiger partial charge on any atom is 0.311 e. The number of carbonyl (C=O) groups is 2. The second-order valence-electron chi connectivity index (χ2n) is 4.70. The summed E-state index contributed by atoms with van der Waals surface area (Å²) in [5.41, 5.74) is 2.17. The zero-order valence-electron chi connectivity index (χ0n) is 12.7. The Bertz CT molecular complexity index is 822. The fourth-order valence-electron chi connectivity index (χ4n) is 1.73. The van der Waals surface area contributed by atoms with Gasteiger partial charge in [0.15, 0.2) is 5.75 Å². The number of amides is 2. The van der Waals surface area contributed by atoms with Gasteiger partial charge in [-0.05, 0) is 24.3 Å². The van der Waals surface area contributed by atoms with Crippen LogP contribution in [0.4, 0.5) is 5.69 Å². The van der Waals surface area contributed by atoms with Gasteiger partial charge in [-0.15, -0.1) is 0 Å². The van der Waals surface area contributed by atoms with E-state index in [1.807, 2.05) is 0 Å². The van der Waals surface area contributed by atoms with Gasteiger partial charge in [0, 0.05) is 17.8 Å². The summed E-state index contributed by atoms with van der Waals surface area (Å²) in [6.07, 6.45) is 2.63. The van der Waals surface area contributed by atoms with E-state index >= 15 is 0 Å². The number of rotatable bonds is 6. The van der Waals surface area contributed by atoms with Crippen molar-refractivity contribution in [3.63, 3.8) is 0 Å². The van der Waals surface area contributed by atoms with Crippen molar-refractivity contribution in [3.05, 3.63) is 64.0 Å². The zero-order valence-corrected chi connectivity index (χ0v) is 12.7. The average Bonchev–Trinajstić information content (AvgIpc) is 2.61. The molecule has 3 N–H and O–H groups in total. The maximum atomic E-state index is 11.7. The van der Waals surface area contributed by atoms with Crippen LogP contribution in [0.3, 0.4) is 0 Å². The van der Waals surface area contributed by atoms with E-state index in [2.05, 4.69) is 20.8 Å². The summed E-state index contributed by atoms with van der Waals surface area (Å²) < 4.78 is 0. The third kappa shape index (κ3) is 5.10. The molecule has 0 saturated heterocycles. The van der Waals surface area contributed by atoms with Crippen molar-refractivity contribution in [2.24, 2.45) is 5.10 Å². The Labute approximate surface area is 141 Å². The topological polar surface area (TPSA) is 147 Å². The van der Waals surface area contributed by atoms with Crippen molar-refractivity contribution < 1.29 is 19.6 Å². The standard InChI is InChI=1S/C15H13N5O5/c21-13-5-4-10(7-12(13)20(24)25)8-18-19-14(22)9-17-15(23)11-3-1-2-6-16-11/h1-8,21H,9H2,(H,17,23)(H,19,22). The first kappa shape index (κ1) is 17.5. The molecule has 25 heavy (non-hydrogen) atoms. The Kier molecular flexibility index (Phi) is 5.72. The number of phenolic OH excluding ortho intramolecular Hbond substituents is 1. The van der Waals surface area contributed by atoms with Crippen LogP contribution in [-0.2, 0) is 4.79 Å². The summed E-state index contributed by atoms with van der Waals surface area (Å²) in [5.74, 6) is -1.56. The molecule has 0 spiro atoms. The van der Waals surface area contributed by atoms with Crippen molar-refractivity contribution in [2.75, 3.05) is 6.54 Å². The van der Waals surface area contributed by atoms with Crippen LogP contribution in [0, 0.1) is 10.1 Å². The number of benzene rings is 1. The van der Waals surface area contributed by atoms with Crippen molar-refractivity contribution in [1.82, 2.24) is 15.7 Å². The van der Waals surface area contributed by atoms with Gasteiger partial charge in [-0.2, -0.15) is 5.10 Å². The van der Waals surface area contributed by atoms with E-state index in [1.165, 1.54) is 24.5 Å². The first-order chi connectivity index (χ1) is 12.0. The number of nitro groups is 1. The minimum Gasteiger partial charge on any atom is -0.502 e. The zero-order chi connectivity index (χ0) is 18.2. The summed E-state index contributed by atoms with van der Waals surface area (Å²) in [5, 5.41) is 26.0. The highest BCUT2D eigenvalue weighted by atomic mass is 16.6. The molecule has 0 unspecified atom stereocenters. The summed E-state index contributed by atoms with van der Waals surface area (Å²) in [6.45, 7) is -0.317. The number of nitro benzene ring substituents is 1. The van der Waals surface area contributed by atoms with Crippen LogP contribution in [0.1, 0.15) is 16.1 Å². The molecule has 0 bridgehead atoms. The van der Waals surface area contributed by atoms with Gasteiger partial charge in [-0.1, -0.05) is 6.07 Å². The largest absolute Gasteiger partial charge is 0.502 e. The number of carbonyl (C=O) groups excluding carboxylic acids is 2. The van der Waals surface area contributed by atoms with Crippen LogP contribution in [0.15, 0.2) is 47.7 Å². The van der Waals surface area contributed by atoms with Crippen LogP contribution < -0.4 is 10.7 Å². The van der Waals surface area contributed by atoms with E-state index in [0.717, 1.165) is 12.1 Å². The molecule has 1 aromatic heterocycles. The number of phenols is 1. The highest BCUT2D eigenvalue weighted by Crippen LogP contribution is 2.25. The minimum absolute atomic E-state index is 0.176. The lowest BCUT2D eigenvalue weighted by atomic mass is 10.2. The van der Waals surface area contributed by atoms with Gasteiger partial charge >= 0.3 is 5.69 Å². The normalized spacial score (nSPS) is 10.4. The Morgan fingerprint density at radius 1 is 1.32 bits per heavy atom. The van der Waals surface area contributed by atoms with Crippen LogP contribution in [0.25, 0.3) is 0 Å². The van der Waals surface area contributed by atoms with E-state index < -0.39 is 28.2 Å². The van der Waals surface area contributed by atoms with Gasteiger partial charge in [0.2, 0.25) is 0 Å². The SMILES string of the molecule is O=C(CNC(=O)c1ccccn1)NN=Cc1ccc(O)c([N+](=O)[O-])c1. The molecule has 10 nitrogen and oxygen atoms in total. The molecule has 0 aliphatic rings. The summed E-state index contributed by atoms with van der Waals surface area (Å²) >= 11 is 0. The molecule has 0 saturated carbocycles. The molecule has 2 amide bonds. The van der Waals surface area contributed by atoms with Crippen molar-refractivity contribution in [3.8, 4) is 5.75 Å². The molecule has 10 heteroatoms. The predicted molar refractivity (Wildman–Crippen MR) is 87.1 cm³/mol. The van der Waals surface area contributed by atoms with E-state index in [-0.39, 0.29) is 12.2 Å². The highest BCUT2D eigenvalue weighted by molar-refractivity contribution is 5.94. The van der Waals surface area contributed by atoms with Crippen molar-refractivity contribution in [2.45, 2.75) is 0 Å². The Morgan fingerprint density at radius 3 is 2.80 bits per heavy atom. The van der Waals surface area contributed by atoms with E-state index in [4.69, 9.17) is 0 Å². The molecule has 0 radical (unpaired) electrons. The molecule has 0 atom stereocenters. The number of hydrazone groups is 1. The predicted octanol–water partition coefficient (Wildman–Crippen LogP) is 0.575. The first-order valence-electron chi connectivity index (χ1n) is 6.96. The van der Waals surface area contributed by atoms with Gasteiger partial charge in [0.1, 0.15) is 5.69 Å². The molecule has 128 valence electrons. The lowest BCUT2D eigenvalue weighted by molar-refractivity contribution is -0.385. The number of aromatic nitrogens is 1. The molecule has 1 heterocycles. The third-order valence-electron chi connectivity index (χ3n) is 2.91. The van der Waals surface area contributed by atoms with E-state index in [1.54, 1.807) is 12.1 Å². The summed E-state index contributed by atoms with van der Waals surface area (Å²) in [6, 6.07) is 8.45. The summed E-state index contributed by atoms with van der Waals surface area (Å²) in [7, 11) is 0. The molecular formula is C15H13N5O5. The van der Waals surface area contributed by atoms with Crippen LogP contribution in [-0.4, -0.2) is 39.6 Å². The number of nitrogens with zero attached hydrogens (tertiary/aromatic N) is 3. The summed E-state index contributed by atoms with van der Waals surface area (Å²) in [4.78, 5) is 37.1. The second-order valence-corrected chi connectivity index (χ2v) is 4.70. The van der Waals surface area contributed by atoms with Gasteiger partial charge in [0.05, 0.1) is 17.7 Å².